The molecule has 4 aromatic carbocycles. The number of aromatic nitrogens is 1. The third kappa shape index (κ3) is 4.51. The van der Waals surface area contributed by atoms with E-state index >= 15 is 0 Å². The summed E-state index contributed by atoms with van der Waals surface area (Å²) in [5.74, 6) is -1.03. The lowest BCUT2D eigenvalue weighted by molar-refractivity contribution is 0.0697. The molecule has 6 aromatic rings. The number of hydrogen-bond acceptors (Lipinski definition) is 4. The SMILES string of the molecule is [C-]#[N+]c1sccc1-c1c(-c2cccc(-c3cccc(C(=O)O)c3)c2)n(S(=O)(=O)c2ccc(C)cc2)c2ccccc12. The Kier molecular flexibility index (Phi) is 6.54. The second-order valence-corrected chi connectivity index (χ2v) is 12.2. The lowest BCUT2D eigenvalue weighted by Crippen LogP contribution is -2.14. The molecule has 0 bridgehead atoms. The number of nitrogens with zero attached hydrogens (tertiary/aromatic N) is 2. The first-order valence-corrected chi connectivity index (χ1v) is 15.0. The Morgan fingerprint density at radius 1 is 0.854 bits per heavy atom. The van der Waals surface area contributed by atoms with Gasteiger partial charge < -0.3 is 5.11 Å². The van der Waals surface area contributed by atoms with Crippen molar-refractivity contribution >= 4 is 43.2 Å². The molecule has 0 spiro atoms. The summed E-state index contributed by atoms with van der Waals surface area (Å²) >= 11 is 1.31. The summed E-state index contributed by atoms with van der Waals surface area (Å²) in [6, 6.07) is 29.9. The van der Waals surface area contributed by atoms with Crippen LogP contribution in [0.25, 0.3) is 49.3 Å². The van der Waals surface area contributed by atoms with Crippen LogP contribution in [0, 0.1) is 13.5 Å². The first-order chi connectivity index (χ1) is 19.8. The normalized spacial score (nSPS) is 11.4. The van der Waals surface area contributed by atoms with E-state index in [1.807, 2.05) is 60.8 Å². The fourth-order valence-electron chi connectivity index (χ4n) is 5.07. The van der Waals surface area contributed by atoms with Crippen molar-refractivity contribution in [3.8, 4) is 33.5 Å². The van der Waals surface area contributed by atoms with E-state index in [0.717, 1.165) is 11.1 Å². The molecule has 0 atom stereocenters. The van der Waals surface area contributed by atoms with Gasteiger partial charge in [0.05, 0.1) is 28.2 Å². The van der Waals surface area contributed by atoms with E-state index in [2.05, 4.69) is 4.85 Å². The van der Waals surface area contributed by atoms with Crippen molar-refractivity contribution in [3.63, 3.8) is 0 Å². The van der Waals surface area contributed by atoms with Crippen molar-refractivity contribution in [3.05, 3.63) is 131 Å². The predicted molar refractivity (Wildman–Crippen MR) is 163 cm³/mol. The Morgan fingerprint density at radius 3 is 2.27 bits per heavy atom. The largest absolute Gasteiger partial charge is 0.478 e. The molecule has 0 unspecified atom stereocenters. The van der Waals surface area contributed by atoms with E-state index in [0.29, 0.717) is 43.9 Å². The van der Waals surface area contributed by atoms with Gasteiger partial charge in [0.15, 0.2) is 0 Å². The summed E-state index contributed by atoms with van der Waals surface area (Å²) in [4.78, 5) is 15.5. The minimum atomic E-state index is -4.08. The summed E-state index contributed by atoms with van der Waals surface area (Å²) < 4.78 is 30.2. The zero-order valence-electron chi connectivity index (χ0n) is 21.8. The van der Waals surface area contributed by atoms with Gasteiger partial charge in [0.25, 0.3) is 10.0 Å². The molecule has 200 valence electrons. The van der Waals surface area contributed by atoms with Crippen LogP contribution in [0.3, 0.4) is 0 Å². The van der Waals surface area contributed by atoms with Crippen LogP contribution in [-0.2, 0) is 10.0 Å². The van der Waals surface area contributed by atoms with Gasteiger partial charge >= 0.3 is 5.97 Å². The lowest BCUT2D eigenvalue weighted by Gasteiger charge is -2.15. The van der Waals surface area contributed by atoms with E-state index in [9.17, 15) is 18.3 Å². The van der Waals surface area contributed by atoms with E-state index in [4.69, 9.17) is 6.57 Å². The van der Waals surface area contributed by atoms with Gasteiger partial charge in [0.2, 0.25) is 5.00 Å². The number of aryl methyl sites for hydroxylation is 1. The minimum Gasteiger partial charge on any atom is -0.478 e. The number of rotatable bonds is 6. The van der Waals surface area contributed by atoms with Gasteiger partial charge in [-0.2, -0.15) is 11.3 Å². The Bertz CT molecular complexity index is 2120. The number of hydrogen-bond donors (Lipinski definition) is 1. The van der Waals surface area contributed by atoms with Crippen molar-refractivity contribution in [2.24, 2.45) is 0 Å². The lowest BCUT2D eigenvalue weighted by atomic mass is 9.96. The molecule has 0 saturated heterocycles. The van der Waals surface area contributed by atoms with E-state index < -0.39 is 16.0 Å². The van der Waals surface area contributed by atoms with Crippen molar-refractivity contribution in [2.75, 3.05) is 0 Å². The first-order valence-electron chi connectivity index (χ1n) is 12.6. The Labute approximate surface area is 241 Å². The Hall–Kier alpha value is -4.97. The van der Waals surface area contributed by atoms with Gasteiger partial charge in [0, 0.05) is 22.1 Å². The fraction of sp³-hybridized carbons (Fsp3) is 0.0303. The number of carboxylic acid groups (broad SMARTS) is 1. The van der Waals surface area contributed by atoms with Crippen LogP contribution < -0.4 is 0 Å². The molecule has 6 nitrogen and oxygen atoms in total. The number of carboxylic acids is 1. The summed E-state index contributed by atoms with van der Waals surface area (Å²) in [5.41, 5.74) is 5.39. The van der Waals surface area contributed by atoms with Gasteiger partial charge in [-0.05, 0) is 59.8 Å². The van der Waals surface area contributed by atoms with Crippen molar-refractivity contribution in [2.45, 2.75) is 11.8 Å². The molecular weight excluding hydrogens is 553 g/mol. The molecule has 0 fully saturated rings. The minimum absolute atomic E-state index is 0.151. The van der Waals surface area contributed by atoms with Crippen LogP contribution in [-0.4, -0.2) is 23.5 Å². The Morgan fingerprint density at radius 2 is 1.54 bits per heavy atom. The van der Waals surface area contributed by atoms with Crippen molar-refractivity contribution < 1.29 is 18.3 Å². The van der Waals surface area contributed by atoms with Crippen LogP contribution in [0.5, 0.6) is 0 Å². The van der Waals surface area contributed by atoms with E-state index in [1.54, 1.807) is 48.5 Å². The van der Waals surface area contributed by atoms with Crippen molar-refractivity contribution in [1.29, 1.82) is 0 Å². The molecule has 0 amide bonds. The maximum atomic E-state index is 14.4. The maximum Gasteiger partial charge on any atom is 0.335 e. The second kappa shape index (κ2) is 10.2. The number of aromatic carboxylic acids is 1. The van der Waals surface area contributed by atoms with Gasteiger partial charge in [-0.3, -0.25) is 0 Å². The highest BCUT2D eigenvalue weighted by atomic mass is 32.2. The molecule has 0 aliphatic rings. The van der Waals surface area contributed by atoms with Crippen LogP contribution in [0.15, 0.2) is 113 Å². The topological polar surface area (TPSA) is 80.7 Å². The third-order valence-electron chi connectivity index (χ3n) is 6.99. The molecule has 2 heterocycles. The molecular formula is C33H22N2O4S2. The van der Waals surface area contributed by atoms with Gasteiger partial charge in [-0.15, -0.1) is 0 Å². The molecule has 0 radical (unpaired) electrons. The average molecular weight is 575 g/mol. The maximum absolute atomic E-state index is 14.4. The predicted octanol–water partition coefficient (Wildman–Crippen LogP) is 8.50. The molecule has 2 aromatic heterocycles. The summed E-state index contributed by atoms with van der Waals surface area (Å²) in [6.07, 6.45) is 0. The quantitative estimate of drug-likeness (QED) is 0.202. The van der Waals surface area contributed by atoms with Crippen molar-refractivity contribution in [1.82, 2.24) is 3.97 Å². The Balaban J connectivity index is 1.71. The summed E-state index contributed by atoms with van der Waals surface area (Å²) in [5, 5.41) is 12.5. The zero-order valence-corrected chi connectivity index (χ0v) is 23.4. The molecule has 0 saturated carbocycles. The third-order valence-corrected chi connectivity index (χ3v) is 9.52. The zero-order chi connectivity index (χ0) is 28.7. The summed E-state index contributed by atoms with van der Waals surface area (Å²) in [6.45, 7) is 9.68. The number of fused-ring (bicyclic) bond motifs is 1. The molecule has 1 N–H and O–H groups in total. The highest BCUT2D eigenvalue weighted by Crippen LogP contribution is 2.47. The highest BCUT2D eigenvalue weighted by Gasteiger charge is 2.29. The molecule has 41 heavy (non-hydrogen) atoms. The number of carbonyl (C=O) groups is 1. The number of thiophene rings is 1. The highest BCUT2D eigenvalue weighted by molar-refractivity contribution is 7.90. The monoisotopic (exact) mass is 574 g/mol. The van der Waals surface area contributed by atoms with Gasteiger partial charge in [-0.1, -0.05) is 72.3 Å². The summed E-state index contributed by atoms with van der Waals surface area (Å²) in [7, 11) is -4.08. The number of benzene rings is 4. The average Bonchev–Trinajstić information content (AvgIpc) is 3.60. The molecule has 6 rings (SSSR count). The van der Waals surface area contributed by atoms with Gasteiger partial charge in [-0.25, -0.2) is 22.0 Å². The first kappa shape index (κ1) is 26.3. The molecule has 0 aliphatic carbocycles. The van der Waals surface area contributed by atoms with E-state index in [-0.39, 0.29) is 10.5 Å². The van der Waals surface area contributed by atoms with Crippen LogP contribution in [0.2, 0.25) is 0 Å². The smallest absolute Gasteiger partial charge is 0.335 e. The van der Waals surface area contributed by atoms with Gasteiger partial charge in [0.1, 0.15) is 0 Å². The second-order valence-electron chi connectivity index (χ2n) is 9.54. The molecule has 8 heteroatoms. The van der Waals surface area contributed by atoms with Crippen LogP contribution in [0.1, 0.15) is 15.9 Å². The van der Waals surface area contributed by atoms with E-state index in [1.165, 1.54) is 21.4 Å². The fourth-order valence-corrected chi connectivity index (χ4v) is 7.30. The van der Waals surface area contributed by atoms with Crippen LogP contribution >= 0.6 is 11.3 Å². The molecule has 0 aliphatic heterocycles. The number of para-hydroxylation sites is 1. The van der Waals surface area contributed by atoms with Crippen LogP contribution in [0.4, 0.5) is 5.00 Å². The standard InChI is InChI=1S/C33H22N2O4S2/c1-21-13-15-26(16-14-21)41(38,39)35-29-12-4-3-11-27(29)30(28-17-18-40-32(28)34-2)31(35)24-9-5-7-22(19-24)23-8-6-10-25(20-23)33(36)37/h3-20H,1H3,(H,36,37).